The fourth-order valence-corrected chi connectivity index (χ4v) is 1.55. The number of alkyl halides is 5. The van der Waals surface area contributed by atoms with Crippen molar-refractivity contribution in [1.82, 2.24) is 4.98 Å². The van der Waals surface area contributed by atoms with E-state index < -0.39 is 29.8 Å². The van der Waals surface area contributed by atoms with Crippen LogP contribution >= 0.6 is 22.6 Å². The van der Waals surface area contributed by atoms with Crippen molar-refractivity contribution in [3.63, 3.8) is 0 Å². The summed E-state index contributed by atoms with van der Waals surface area (Å²) in [6.45, 7) is 0. The first kappa shape index (κ1) is 14.1. The maximum absolute atomic E-state index is 12.4. The Balaban J connectivity index is 3.24. The molecule has 3 nitrogen and oxygen atoms in total. The minimum absolute atomic E-state index is 0.0317. The minimum Gasteiger partial charge on any atom is -0.387 e. The van der Waals surface area contributed by atoms with Gasteiger partial charge in [-0.3, -0.25) is 4.79 Å². The van der Waals surface area contributed by atoms with E-state index in [0.717, 1.165) is 0 Å². The summed E-state index contributed by atoms with van der Waals surface area (Å²) in [5.74, 6) is -1.04. The lowest BCUT2D eigenvalue weighted by Crippen LogP contribution is -2.19. The minimum atomic E-state index is -5.04. The molecule has 1 heterocycles. The molecule has 0 saturated carbocycles. The molecule has 17 heavy (non-hydrogen) atoms. The number of ether oxygens (including phenoxy) is 1. The number of aromatic nitrogens is 1. The van der Waals surface area contributed by atoms with Gasteiger partial charge in [-0.15, -0.1) is 13.2 Å². The van der Waals surface area contributed by atoms with Crippen molar-refractivity contribution in [3.05, 3.63) is 20.9 Å². The second kappa shape index (κ2) is 5.10. The van der Waals surface area contributed by atoms with Gasteiger partial charge >= 0.3 is 6.36 Å². The fraction of sp³-hybridized carbons (Fsp3) is 0.250. The van der Waals surface area contributed by atoms with Gasteiger partial charge in [0.05, 0.1) is 11.1 Å². The maximum Gasteiger partial charge on any atom is 0.574 e. The van der Waals surface area contributed by atoms with Crippen LogP contribution in [0, 0.1) is 3.70 Å². The van der Waals surface area contributed by atoms with E-state index in [4.69, 9.17) is 0 Å². The molecule has 1 aromatic rings. The van der Waals surface area contributed by atoms with Crippen LogP contribution in [0.15, 0.2) is 6.07 Å². The zero-order valence-corrected chi connectivity index (χ0v) is 9.92. The first-order valence-corrected chi connectivity index (χ1v) is 5.02. The van der Waals surface area contributed by atoms with Gasteiger partial charge in [0.1, 0.15) is 3.70 Å². The summed E-state index contributed by atoms with van der Waals surface area (Å²) in [6, 6.07) is 0.619. The summed E-state index contributed by atoms with van der Waals surface area (Å²) >= 11 is 1.33. The van der Waals surface area contributed by atoms with Crippen molar-refractivity contribution in [3.8, 4) is 5.88 Å². The lowest BCUT2D eigenvalue weighted by Gasteiger charge is -2.11. The van der Waals surface area contributed by atoms with Gasteiger partial charge in [-0.25, -0.2) is 13.8 Å². The van der Waals surface area contributed by atoms with Crippen LogP contribution in [-0.2, 0) is 0 Å². The Morgan fingerprint density at radius 3 is 2.41 bits per heavy atom. The molecule has 0 aromatic carbocycles. The van der Waals surface area contributed by atoms with E-state index in [9.17, 15) is 26.7 Å². The number of pyridine rings is 1. The van der Waals surface area contributed by atoms with Crippen molar-refractivity contribution < 1.29 is 31.5 Å². The lowest BCUT2D eigenvalue weighted by molar-refractivity contribution is -0.276. The normalized spacial score (nSPS) is 11.7. The molecule has 0 saturated heterocycles. The van der Waals surface area contributed by atoms with Gasteiger partial charge in [0.15, 0.2) is 6.29 Å². The van der Waals surface area contributed by atoms with E-state index in [1.807, 2.05) is 0 Å². The van der Waals surface area contributed by atoms with Gasteiger partial charge in [0, 0.05) is 0 Å². The van der Waals surface area contributed by atoms with E-state index in [0.29, 0.717) is 6.07 Å². The number of carbonyl (C=O) groups is 1. The number of hydrogen-bond donors (Lipinski definition) is 0. The second-order valence-corrected chi connectivity index (χ2v) is 3.75. The summed E-state index contributed by atoms with van der Waals surface area (Å²) in [5, 5.41) is 0. The Labute approximate surface area is 105 Å². The van der Waals surface area contributed by atoms with Crippen LogP contribution in [0.4, 0.5) is 22.0 Å². The highest BCUT2D eigenvalue weighted by Crippen LogP contribution is 2.30. The van der Waals surface area contributed by atoms with Crippen LogP contribution in [0.5, 0.6) is 5.88 Å². The average molecular weight is 367 g/mol. The Morgan fingerprint density at radius 2 is 2.00 bits per heavy atom. The first-order valence-electron chi connectivity index (χ1n) is 3.94. The van der Waals surface area contributed by atoms with Crippen LogP contribution in [0.25, 0.3) is 0 Å². The van der Waals surface area contributed by atoms with Gasteiger partial charge in [-0.05, 0) is 28.7 Å². The Kier molecular flexibility index (Phi) is 4.22. The molecule has 0 spiro atoms. The molecular formula is C8H3F5INO2. The number of aldehydes is 1. The zero-order chi connectivity index (χ0) is 13.2. The quantitative estimate of drug-likeness (QED) is 0.356. The zero-order valence-electron chi connectivity index (χ0n) is 7.76. The monoisotopic (exact) mass is 367 g/mol. The molecule has 0 fully saturated rings. The highest BCUT2D eigenvalue weighted by molar-refractivity contribution is 14.1. The van der Waals surface area contributed by atoms with E-state index in [1.165, 1.54) is 22.6 Å². The molecule has 0 atom stereocenters. The first-order chi connectivity index (χ1) is 7.74. The largest absolute Gasteiger partial charge is 0.574 e. The smallest absolute Gasteiger partial charge is 0.387 e. The van der Waals surface area contributed by atoms with Crippen molar-refractivity contribution in [1.29, 1.82) is 0 Å². The molecule has 0 radical (unpaired) electrons. The highest BCUT2D eigenvalue weighted by Gasteiger charge is 2.33. The summed E-state index contributed by atoms with van der Waals surface area (Å²) in [5.41, 5.74) is -1.31. The van der Waals surface area contributed by atoms with Crippen LogP contribution in [0.2, 0.25) is 0 Å². The molecule has 0 amide bonds. The predicted molar refractivity (Wildman–Crippen MR) is 54.0 cm³/mol. The molecule has 0 N–H and O–H groups in total. The van der Waals surface area contributed by atoms with Gasteiger partial charge in [-0.2, -0.15) is 0 Å². The molecule has 0 bridgehead atoms. The summed E-state index contributed by atoms with van der Waals surface area (Å²) in [7, 11) is 0. The molecule has 1 rings (SSSR count). The predicted octanol–water partition coefficient (Wildman–Crippen LogP) is 3.33. The van der Waals surface area contributed by atoms with Crippen molar-refractivity contribution in [2.45, 2.75) is 12.8 Å². The summed E-state index contributed by atoms with van der Waals surface area (Å²) in [6.07, 6.45) is -8.01. The molecular weight excluding hydrogens is 364 g/mol. The van der Waals surface area contributed by atoms with Crippen LogP contribution in [-0.4, -0.2) is 17.6 Å². The van der Waals surface area contributed by atoms with Gasteiger partial charge in [0.2, 0.25) is 5.88 Å². The molecule has 1 aromatic heterocycles. The van der Waals surface area contributed by atoms with E-state index >= 15 is 0 Å². The van der Waals surface area contributed by atoms with E-state index in [2.05, 4.69) is 9.72 Å². The third-order valence-electron chi connectivity index (χ3n) is 1.57. The summed E-state index contributed by atoms with van der Waals surface area (Å²) < 4.78 is 63.6. The number of nitrogens with zero attached hydrogens (tertiary/aromatic N) is 1. The third kappa shape index (κ3) is 3.75. The highest BCUT2D eigenvalue weighted by atomic mass is 127. The van der Waals surface area contributed by atoms with Crippen LogP contribution < -0.4 is 4.74 Å². The summed E-state index contributed by atoms with van der Waals surface area (Å²) in [4.78, 5) is 13.6. The van der Waals surface area contributed by atoms with E-state index in [1.54, 1.807) is 0 Å². The molecule has 9 heteroatoms. The molecule has 0 unspecified atom stereocenters. The Hall–Kier alpha value is -1.00. The SMILES string of the molecule is O=Cc1cc(C(F)F)c(I)nc1OC(F)(F)F. The van der Waals surface area contributed by atoms with E-state index in [-0.39, 0.29) is 9.99 Å². The topological polar surface area (TPSA) is 39.2 Å². The number of carbonyl (C=O) groups excluding carboxylic acids is 1. The van der Waals surface area contributed by atoms with Crippen molar-refractivity contribution in [2.24, 2.45) is 0 Å². The van der Waals surface area contributed by atoms with Gasteiger partial charge < -0.3 is 4.74 Å². The van der Waals surface area contributed by atoms with Gasteiger partial charge in [0.25, 0.3) is 6.43 Å². The molecule has 94 valence electrons. The van der Waals surface area contributed by atoms with Crippen LogP contribution in [0.1, 0.15) is 22.3 Å². The number of halogens is 6. The average Bonchev–Trinajstić information content (AvgIpc) is 2.14. The van der Waals surface area contributed by atoms with Crippen molar-refractivity contribution in [2.75, 3.05) is 0 Å². The Morgan fingerprint density at radius 1 is 1.41 bits per heavy atom. The standard InChI is InChI=1S/C8H3F5INO2/c9-5(10)4-1-3(2-16)7(15-6(4)14)17-8(11,12)13/h1-2,5H. The van der Waals surface area contributed by atoms with Gasteiger partial charge in [-0.1, -0.05) is 0 Å². The molecule has 0 aliphatic heterocycles. The maximum atomic E-state index is 12.4. The number of rotatable bonds is 3. The van der Waals surface area contributed by atoms with Crippen molar-refractivity contribution >= 4 is 28.9 Å². The van der Waals surface area contributed by atoms with Crippen LogP contribution in [0.3, 0.4) is 0 Å². The Bertz CT molecular complexity index is 435. The lowest BCUT2D eigenvalue weighted by atomic mass is 10.2. The fourth-order valence-electron chi connectivity index (χ4n) is 0.936. The molecule has 0 aliphatic rings. The third-order valence-corrected chi connectivity index (χ3v) is 2.43. The number of hydrogen-bond acceptors (Lipinski definition) is 3. The second-order valence-electron chi connectivity index (χ2n) is 2.73. The molecule has 0 aliphatic carbocycles.